The number of nitrogens with one attached hydrogen (secondary N) is 1. The zero-order valence-electron chi connectivity index (χ0n) is 11.3. The second-order valence-electron chi connectivity index (χ2n) is 4.24. The van der Waals surface area contributed by atoms with Gasteiger partial charge in [0.05, 0.1) is 22.2 Å². The third kappa shape index (κ3) is 3.60. The number of nitrogens with two attached hydrogens (primary N) is 1. The number of benzene rings is 2. The zero-order valence-corrected chi connectivity index (χ0v) is 12.8. The van der Waals surface area contributed by atoms with E-state index in [4.69, 9.17) is 33.7 Å². The number of carbonyl (C=O) groups is 1. The van der Waals surface area contributed by atoms with E-state index in [1.54, 1.807) is 36.4 Å². The molecular formula is C15H14Cl2N2O2. The van der Waals surface area contributed by atoms with Crippen LogP contribution in [0.2, 0.25) is 10.0 Å². The quantitative estimate of drug-likeness (QED) is 0.827. The number of carbonyl (C=O) groups excluding carboxylic acids is 1. The summed E-state index contributed by atoms with van der Waals surface area (Å²) in [6.07, 6.45) is 0. The molecule has 2 aromatic rings. The maximum Gasteiger partial charge on any atom is 0.259 e. The fraction of sp³-hybridized carbons (Fsp3) is 0.133. The monoisotopic (exact) mass is 324 g/mol. The molecule has 4 nitrogen and oxygen atoms in total. The lowest BCUT2D eigenvalue weighted by atomic mass is 10.1. The molecule has 0 fully saturated rings. The number of halogens is 2. The molecule has 0 radical (unpaired) electrons. The first-order valence-electron chi connectivity index (χ1n) is 6.30. The van der Waals surface area contributed by atoms with Gasteiger partial charge in [0.2, 0.25) is 0 Å². The van der Waals surface area contributed by atoms with Crippen molar-refractivity contribution >= 4 is 40.5 Å². The standard InChI is InChI=1S/C15H14Cl2N2O2/c1-2-21-13-7-6-9(8-11(13)17)19-15(20)14-10(16)4-3-5-12(14)18/h3-8H,2,18H2,1H3,(H,19,20). The molecule has 0 saturated carbocycles. The van der Waals surface area contributed by atoms with Crippen LogP contribution in [0.5, 0.6) is 5.75 Å². The van der Waals surface area contributed by atoms with Crippen LogP contribution in [-0.4, -0.2) is 12.5 Å². The largest absolute Gasteiger partial charge is 0.492 e. The van der Waals surface area contributed by atoms with E-state index in [-0.39, 0.29) is 5.56 Å². The molecule has 2 aromatic carbocycles. The van der Waals surface area contributed by atoms with Crippen molar-refractivity contribution in [2.45, 2.75) is 6.92 Å². The summed E-state index contributed by atoms with van der Waals surface area (Å²) in [7, 11) is 0. The molecule has 110 valence electrons. The number of anilines is 2. The Morgan fingerprint density at radius 3 is 2.62 bits per heavy atom. The molecule has 2 rings (SSSR count). The van der Waals surface area contributed by atoms with Crippen LogP contribution in [0.4, 0.5) is 11.4 Å². The molecule has 3 N–H and O–H groups in total. The van der Waals surface area contributed by atoms with Gasteiger partial charge in [-0.3, -0.25) is 4.79 Å². The minimum Gasteiger partial charge on any atom is -0.492 e. The lowest BCUT2D eigenvalue weighted by molar-refractivity contribution is 0.102. The van der Waals surface area contributed by atoms with Gasteiger partial charge in [-0.2, -0.15) is 0 Å². The van der Waals surface area contributed by atoms with E-state index >= 15 is 0 Å². The van der Waals surface area contributed by atoms with E-state index in [9.17, 15) is 4.79 Å². The summed E-state index contributed by atoms with van der Waals surface area (Å²) < 4.78 is 5.33. The molecule has 0 aliphatic heterocycles. The fourth-order valence-electron chi connectivity index (χ4n) is 1.83. The van der Waals surface area contributed by atoms with Gasteiger partial charge in [0.15, 0.2) is 0 Å². The Kier molecular flexibility index (Phi) is 4.94. The number of hydrogen-bond acceptors (Lipinski definition) is 3. The first kappa shape index (κ1) is 15.5. The minimum absolute atomic E-state index is 0.240. The summed E-state index contributed by atoms with van der Waals surface area (Å²) in [6, 6.07) is 9.91. The lowest BCUT2D eigenvalue weighted by Gasteiger charge is -2.11. The van der Waals surface area contributed by atoms with Gasteiger partial charge in [-0.05, 0) is 37.3 Å². The number of nitrogen functional groups attached to an aromatic ring is 1. The zero-order chi connectivity index (χ0) is 15.4. The fourth-order valence-corrected chi connectivity index (χ4v) is 2.33. The van der Waals surface area contributed by atoms with Crippen LogP contribution in [0, 0.1) is 0 Å². The molecule has 0 aliphatic rings. The summed E-state index contributed by atoms with van der Waals surface area (Å²) in [5.74, 6) is 0.174. The highest BCUT2D eigenvalue weighted by Gasteiger charge is 2.14. The minimum atomic E-state index is -0.390. The van der Waals surface area contributed by atoms with Gasteiger partial charge in [-0.15, -0.1) is 0 Å². The number of rotatable bonds is 4. The Balaban J connectivity index is 2.22. The van der Waals surface area contributed by atoms with Crippen molar-refractivity contribution < 1.29 is 9.53 Å². The van der Waals surface area contributed by atoms with E-state index in [0.29, 0.717) is 33.8 Å². The van der Waals surface area contributed by atoms with Gasteiger partial charge in [-0.25, -0.2) is 0 Å². The Labute approximate surface area is 132 Å². The van der Waals surface area contributed by atoms with Crippen molar-refractivity contribution in [3.63, 3.8) is 0 Å². The average molecular weight is 325 g/mol. The average Bonchev–Trinajstić information content (AvgIpc) is 2.42. The molecular weight excluding hydrogens is 311 g/mol. The van der Waals surface area contributed by atoms with Crippen LogP contribution in [-0.2, 0) is 0 Å². The molecule has 0 aliphatic carbocycles. The molecule has 0 saturated heterocycles. The molecule has 0 heterocycles. The maximum absolute atomic E-state index is 12.2. The molecule has 0 atom stereocenters. The molecule has 0 unspecified atom stereocenters. The normalized spacial score (nSPS) is 10.2. The summed E-state index contributed by atoms with van der Waals surface area (Å²) in [5, 5.41) is 3.42. The van der Waals surface area contributed by atoms with Gasteiger partial charge < -0.3 is 15.8 Å². The molecule has 21 heavy (non-hydrogen) atoms. The number of amides is 1. The first-order chi connectivity index (χ1) is 10.0. The molecule has 0 aromatic heterocycles. The van der Waals surface area contributed by atoms with Crippen molar-refractivity contribution in [1.82, 2.24) is 0 Å². The summed E-state index contributed by atoms with van der Waals surface area (Å²) in [4.78, 5) is 12.2. The Hall–Kier alpha value is -1.91. The van der Waals surface area contributed by atoms with Gasteiger partial charge in [-0.1, -0.05) is 29.3 Å². The first-order valence-corrected chi connectivity index (χ1v) is 7.06. The predicted octanol–water partition coefficient (Wildman–Crippen LogP) is 4.23. The van der Waals surface area contributed by atoms with E-state index in [0.717, 1.165) is 0 Å². The van der Waals surface area contributed by atoms with Gasteiger partial charge >= 0.3 is 0 Å². The summed E-state index contributed by atoms with van der Waals surface area (Å²) in [6.45, 7) is 2.38. The van der Waals surface area contributed by atoms with Gasteiger partial charge in [0, 0.05) is 11.4 Å². The second-order valence-corrected chi connectivity index (χ2v) is 5.05. The van der Waals surface area contributed by atoms with Crippen LogP contribution in [0.3, 0.4) is 0 Å². The van der Waals surface area contributed by atoms with Gasteiger partial charge in [0.1, 0.15) is 5.75 Å². The Morgan fingerprint density at radius 1 is 1.24 bits per heavy atom. The smallest absolute Gasteiger partial charge is 0.259 e. The maximum atomic E-state index is 12.2. The highest BCUT2D eigenvalue weighted by Crippen LogP contribution is 2.29. The topological polar surface area (TPSA) is 64.3 Å². The highest BCUT2D eigenvalue weighted by atomic mass is 35.5. The molecule has 6 heteroatoms. The van der Waals surface area contributed by atoms with Crippen LogP contribution in [0.15, 0.2) is 36.4 Å². The van der Waals surface area contributed by atoms with Crippen LogP contribution in [0.25, 0.3) is 0 Å². The third-order valence-electron chi connectivity index (χ3n) is 2.76. The lowest BCUT2D eigenvalue weighted by Crippen LogP contribution is -2.14. The van der Waals surface area contributed by atoms with Gasteiger partial charge in [0.25, 0.3) is 5.91 Å². The highest BCUT2D eigenvalue weighted by molar-refractivity contribution is 6.35. The van der Waals surface area contributed by atoms with Crippen LogP contribution in [0.1, 0.15) is 17.3 Å². The summed E-state index contributed by atoms with van der Waals surface area (Å²) >= 11 is 12.1. The second kappa shape index (κ2) is 6.70. The third-order valence-corrected chi connectivity index (χ3v) is 3.37. The predicted molar refractivity (Wildman–Crippen MR) is 86.4 cm³/mol. The van der Waals surface area contributed by atoms with E-state index < -0.39 is 5.91 Å². The SMILES string of the molecule is CCOc1ccc(NC(=O)c2c(N)cccc2Cl)cc1Cl. The Morgan fingerprint density at radius 2 is 2.00 bits per heavy atom. The molecule has 1 amide bonds. The van der Waals surface area contributed by atoms with E-state index in [1.165, 1.54) is 0 Å². The molecule has 0 spiro atoms. The molecule has 0 bridgehead atoms. The number of hydrogen-bond donors (Lipinski definition) is 2. The van der Waals surface area contributed by atoms with Crippen LogP contribution >= 0.6 is 23.2 Å². The van der Waals surface area contributed by atoms with Crippen molar-refractivity contribution in [2.75, 3.05) is 17.7 Å². The van der Waals surface area contributed by atoms with Crippen LogP contribution < -0.4 is 15.8 Å². The van der Waals surface area contributed by atoms with Crippen molar-refractivity contribution in [2.24, 2.45) is 0 Å². The van der Waals surface area contributed by atoms with E-state index in [2.05, 4.69) is 5.32 Å². The van der Waals surface area contributed by atoms with Crippen molar-refractivity contribution in [3.8, 4) is 5.75 Å². The number of ether oxygens (including phenoxy) is 1. The van der Waals surface area contributed by atoms with Crippen molar-refractivity contribution in [1.29, 1.82) is 0 Å². The van der Waals surface area contributed by atoms with E-state index in [1.807, 2.05) is 6.92 Å². The summed E-state index contributed by atoms with van der Waals surface area (Å²) in [5.41, 5.74) is 6.87. The Bertz CT molecular complexity index is 654. The van der Waals surface area contributed by atoms with Crippen molar-refractivity contribution in [3.05, 3.63) is 52.0 Å².